The fourth-order valence-electron chi connectivity index (χ4n) is 1.25. The Bertz CT molecular complexity index is 361. The highest BCUT2D eigenvalue weighted by atomic mass is 16.5. The number of carbonyl (C=O) groups excluding carboxylic acids is 1. The highest BCUT2D eigenvalue weighted by molar-refractivity contribution is 5.75. The zero-order chi connectivity index (χ0) is 12.3. The number of ether oxygens (including phenoxy) is 1. The average molecular weight is 226 g/mol. The highest BCUT2D eigenvalue weighted by Crippen LogP contribution is 2.12. The van der Waals surface area contributed by atoms with E-state index in [1.165, 1.54) is 7.11 Å². The van der Waals surface area contributed by atoms with Gasteiger partial charge in [-0.3, -0.25) is 4.79 Å². The van der Waals surface area contributed by atoms with Gasteiger partial charge in [0.15, 0.2) is 5.82 Å². The zero-order valence-electron chi connectivity index (χ0n) is 10.0. The smallest absolute Gasteiger partial charge is 0.324 e. The molecule has 0 saturated heterocycles. The van der Waals surface area contributed by atoms with Crippen molar-refractivity contribution in [3.8, 4) is 0 Å². The van der Waals surface area contributed by atoms with Gasteiger partial charge in [-0.2, -0.15) is 5.10 Å². The van der Waals surface area contributed by atoms with E-state index in [2.05, 4.69) is 14.8 Å². The summed E-state index contributed by atoms with van der Waals surface area (Å²) in [5.41, 5.74) is 5.73. The SMILES string of the molecule is COC(=O)C(N)C(C)n1cnc(C(C)C)n1. The normalized spacial score (nSPS) is 14.9. The monoisotopic (exact) mass is 226 g/mol. The lowest BCUT2D eigenvalue weighted by Crippen LogP contribution is -2.39. The first kappa shape index (κ1) is 12.6. The molecule has 1 rings (SSSR count). The van der Waals surface area contributed by atoms with Crippen molar-refractivity contribution in [2.75, 3.05) is 7.11 Å². The summed E-state index contributed by atoms with van der Waals surface area (Å²) in [6.07, 6.45) is 1.59. The van der Waals surface area contributed by atoms with E-state index in [1.807, 2.05) is 13.8 Å². The van der Waals surface area contributed by atoms with E-state index in [-0.39, 0.29) is 12.0 Å². The molecule has 0 saturated carbocycles. The van der Waals surface area contributed by atoms with Crippen LogP contribution in [-0.4, -0.2) is 33.9 Å². The molecule has 0 aliphatic carbocycles. The van der Waals surface area contributed by atoms with E-state index in [0.717, 1.165) is 5.82 Å². The maximum absolute atomic E-state index is 11.3. The number of aromatic nitrogens is 3. The maximum atomic E-state index is 11.3. The first-order valence-corrected chi connectivity index (χ1v) is 5.21. The highest BCUT2D eigenvalue weighted by Gasteiger charge is 2.24. The number of hydrogen-bond donors (Lipinski definition) is 1. The van der Waals surface area contributed by atoms with E-state index >= 15 is 0 Å². The number of nitrogens with zero attached hydrogens (tertiary/aromatic N) is 3. The molecule has 2 N–H and O–H groups in total. The molecular formula is C10H18N4O2. The first-order chi connectivity index (χ1) is 7.47. The lowest BCUT2D eigenvalue weighted by Gasteiger charge is -2.17. The van der Waals surface area contributed by atoms with Gasteiger partial charge in [-0.05, 0) is 6.92 Å². The quantitative estimate of drug-likeness (QED) is 0.754. The van der Waals surface area contributed by atoms with Gasteiger partial charge in [0, 0.05) is 5.92 Å². The van der Waals surface area contributed by atoms with Gasteiger partial charge in [-0.25, -0.2) is 9.67 Å². The lowest BCUT2D eigenvalue weighted by atomic mass is 10.1. The van der Waals surface area contributed by atoms with Crippen LogP contribution in [-0.2, 0) is 9.53 Å². The van der Waals surface area contributed by atoms with Crippen LogP contribution in [0.3, 0.4) is 0 Å². The standard InChI is InChI=1S/C10H18N4O2/c1-6(2)9-12-5-14(13-9)7(3)8(11)10(15)16-4/h5-8H,11H2,1-4H3. The summed E-state index contributed by atoms with van der Waals surface area (Å²) in [5.74, 6) is 0.542. The molecule has 1 heterocycles. The maximum Gasteiger partial charge on any atom is 0.324 e. The fraction of sp³-hybridized carbons (Fsp3) is 0.700. The molecule has 1 aromatic heterocycles. The van der Waals surface area contributed by atoms with Crippen LogP contribution < -0.4 is 5.73 Å². The molecule has 1 aromatic rings. The van der Waals surface area contributed by atoms with Crippen LogP contribution in [0.4, 0.5) is 0 Å². The summed E-state index contributed by atoms with van der Waals surface area (Å²) in [4.78, 5) is 15.4. The topological polar surface area (TPSA) is 83.0 Å². The summed E-state index contributed by atoms with van der Waals surface area (Å²) in [5, 5.41) is 4.27. The molecule has 6 heteroatoms. The molecule has 0 aliphatic heterocycles. The van der Waals surface area contributed by atoms with Crippen LogP contribution in [0.5, 0.6) is 0 Å². The Labute approximate surface area is 94.8 Å². The molecule has 16 heavy (non-hydrogen) atoms. The number of hydrogen-bond acceptors (Lipinski definition) is 5. The molecule has 0 aliphatic rings. The van der Waals surface area contributed by atoms with Crippen LogP contribution in [0.1, 0.15) is 38.6 Å². The minimum absolute atomic E-state index is 0.253. The third-order valence-corrected chi connectivity index (χ3v) is 2.45. The second-order valence-corrected chi connectivity index (χ2v) is 4.03. The van der Waals surface area contributed by atoms with Crippen molar-refractivity contribution >= 4 is 5.97 Å². The van der Waals surface area contributed by atoms with Crippen molar-refractivity contribution < 1.29 is 9.53 Å². The van der Waals surface area contributed by atoms with Gasteiger partial charge >= 0.3 is 5.97 Å². The van der Waals surface area contributed by atoms with Gasteiger partial charge in [-0.15, -0.1) is 0 Å². The molecule has 2 unspecified atom stereocenters. The predicted octanol–water partition coefficient (Wildman–Crippen LogP) is 0.463. The van der Waals surface area contributed by atoms with E-state index in [4.69, 9.17) is 5.73 Å². The summed E-state index contributed by atoms with van der Waals surface area (Å²) in [7, 11) is 1.32. The third kappa shape index (κ3) is 2.57. The van der Waals surface area contributed by atoms with Gasteiger partial charge in [0.05, 0.1) is 13.2 Å². The number of carbonyl (C=O) groups is 1. The van der Waals surface area contributed by atoms with Gasteiger partial charge in [-0.1, -0.05) is 13.8 Å². The third-order valence-electron chi connectivity index (χ3n) is 2.45. The molecule has 0 aromatic carbocycles. The van der Waals surface area contributed by atoms with Crippen LogP contribution in [0.2, 0.25) is 0 Å². The number of esters is 1. The Morgan fingerprint density at radius 2 is 2.12 bits per heavy atom. The number of nitrogens with two attached hydrogens (primary N) is 1. The predicted molar refractivity (Wildman–Crippen MR) is 58.8 cm³/mol. The average Bonchev–Trinajstić information content (AvgIpc) is 2.75. The number of rotatable bonds is 4. The van der Waals surface area contributed by atoms with Crippen molar-refractivity contribution in [2.45, 2.75) is 38.8 Å². The molecule has 2 atom stereocenters. The molecule has 0 radical (unpaired) electrons. The van der Waals surface area contributed by atoms with E-state index < -0.39 is 12.0 Å². The van der Waals surface area contributed by atoms with Crippen LogP contribution in [0.15, 0.2) is 6.33 Å². The Morgan fingerprint density at radius 1 is 1.50 bits per heavy atom. The summed E-state index contributed by atoms with van der Waals surface area (Å²) in [6.45, 7) is 5.82. The van der Waals surface area contributed by atoms with Crippen molar-refractivity contribution in [3.05, 3.63) is 12.2 Å². The molecule has 0 fully saturated rings. The van der Waals surface area contributed by atoms with Crippen molar-refractivity contribution in [1.29, 1.82) is 0 Å². The first-order valence-electron chi connectivity index (χ1n) is 5.21. The second kappa shape index (κ2) is 5.07. The fourth-order valence-corrected chi connectivity index (χ4v) is 1.25. The Hall–Kier alpha value is -1.43. The van der Waals surface area contributed by atoms with Gasteiger partial charge in [0.25, 0.3) is 0 Å². The van der Waals surface area contributed by atoms with Gasteiger partial charge in [0.2, 0.25) is 0 Å². The largest absolute Gasteiger partial charge is 0.468 e. The van der Waals surface area contributed by atoms with Crippen molar-refractivity contribution in [3.63, 3.8) is 0 Å². The van der Waals surface area contributed by atoms with E-state index in [0.29, 0.717) is 0 Å². The van der Waals surface area contributed by atoms with Crippen LogP contribution in [0, 0.1) is 0 Å². The Morgan fingerprint density at radius 3 is 2.56 bits per heavy atom. The Balaban J connectivity index is 2.79. The van der Waals surface area contributed by atoms with Gasteiger partial charge in [0.1, 0.15) is 12.4 Å². The van der Waals surface area contributed by atoms with E-state index in [1.54, 1.807) is 17.9 Å². The van der Waals surface area contributed by atoms with Crippen molar-refractivity contribution in [1.82, 2.24) is 14.8 Å². The molecule has 0 spiro atoms. The van der Waals surface area contributed by atoms with Gasteiger partial charge < -0.3 is 10.5 Å². The summed E-state index contributed by atoms with van der Waals surface area (Å²) >= 11 is 0. The summed E-state index contributed by atoms with van der Waals surface area (Å²) in [6, 6.07) is -1.00. The molecular weight excluding hydrogens is 208 g/mol. The van der Waals surface area contributed by atoms with E-state index in [9.17, 15) is 4.79 Å². The minimum Gasteiger partial charge on any atom is -0.468 e. The zero-order valence-corrected chi connectivity index (χ0v) is 10.0. The molecule has 0 amide bonds. The number of methoxy groups -OCH3 is 1. The minimum atomic E-state index is -0.730. The lowest BCUT2D eigenvalue weighted by molar-refractivity contribution is -0.143. The summed E-state index contributed by atoms with van der Waals surface area (Å²) < 4.78 is 6.18. The molecule has 0 bridgehead atoms. The van der Waals surface area contributed by atoms with Crippen LogP contribution >= 0.6 is 0 Å². The Kier molecular flexibility index (Phi) is 4.00. The molecule has 90 valence electrons. The molecule has 6 nitrogen and oxygen atoms in total. The van der Waals surface area contributed by atoms with Crippen molar-refractivity contribution in [2.24, 2.45) is 5.73 Å². The second-order valence-electron chi connectivity index (χ2n) is 4.03. The van der Waals surface area contributed by atoms with Crippen LogP contribution in [0.25, 0.3) is 0 Å².